The fourth-order valence-electron chi connectivity index (χ4n) is 3.34. The van der Waals surface area contributed by atoms with Gasteiger partial charge in [-0.2, -0.15) is 9.50 Å². The Kier molecular flexibility index (Phi) is 5.86. The monoisotopic (exact) mass is 345 g/mol. The molecule has 0 bridgehead atoms. The highest BCUT2D eigenvalue weighted by atomic mass is 15.4. The molecule has 0 unspecified atom stereocenters. The SMILES string of the molecule is CCCCN(C)Cc1nc2nc(C)cc(N3CCN(CC)CC3)n2n1. The topological polar surface area (TPSA) is 52.8 Å². The van der Waals surface area contributed by atoms with Crippen LogP contribution in [0.4, 0.5) is 5.82 Å². The molecule has 7 heteroatoms. The minimum atomic E-state index is 0.715. The predicted molar refractivity (Wildman–Crippen MR) is 101 cm³/mol. The van der Waals surface area contributed by atoms with Crippen molar-refractivity contribution in [3.8, 4) is 0 Å². The zero-order valence-electron chi connectivity index (χ0n) is 16.1. The van der Waals surface area contributed by atoms with Gasteiger partial charge in [-0.1, -0.05) is 20.3 Å². The molecule has 1 saturated heterocycles. The van der Waals surface area contributed by atoms with Crippen molar-refractivity contribution in [3.05, 3.63) is 17.6 Å². The smallest absolute Gasteiger partial charge is 0.254 e. The van der Waals surface area contributed by atoms with E-state index in [4.69, 9.17) is 5.10 Å². The van der Waals surface area contributed by atoms with E-state index >= 15 is 0 Å². The molecule has 25 heavy (non-hydrogen) atoms. The standard InChI is InChI=1S/C18H31N7/c1-5-7-8-22(4)14-16-20-18-19-15(3)13-17(25(18)21-16)24-11-9-23(6-2)10-12-24/h13H,5-12,14H2,1-4H3. The normalized spacial score (nSPS) is 16.3. The summed E-state index contributed by atoms with van der Waals surface area (Å²) in [5.74, 6) is 2.69. The number of anilines is 1. The number of unbranched alkanes of at least 4 members (excludes halogenated alkanes) is 1. The van der Waals surface area contributed by atoms with E-state index in [1.807, 2.05) is 11.4 Å². The Morgan fingerprint density at radius 3 is 2.56 bits per heavy atom. The summed E-state index contributed by atoms with van der Waals surface area (Å²) in [5, 5.41) is 4.76. The lowest BCUT2D eigenvalue weighted by Crippen LogP contribution is -2.46. The summed E-state index contributed by atoms with van der Waals surface area (Å²) < 4.78 is 1.93. The Morgan fingerprint density at radius 1 is 1.12 bits per heavy atom. The summed E-state index contributed by atoms with van der Waals surface area (Å²) in [7, 11) is 2.13. The molecule has 3 rings (SSSR count). The van der Waals surface area contributed by atoms with E-state index in [0.717, 1.165) is 63.1 Å². The van der Waals surface area contributed by atoms with Gasteiger partial charge < -0.3 is 9.80 Å². The number of piperazine rings is 1. The van der Waals surface area contributed by atoms with E-state index in [0.29, 0.717) is 5.78 Å². The Labute approximate surface area is 150 Å². The molecule has 0 aromatic carbocycles. The third-order valence-electron chi connectivity index (χ3n) is 4.91. The second-order valence-corrected chi connectivity index (χ2v) is 7.01. The zero-order valence-corrected chi connectivity index (χ0v) is 16.1. The Balaban J connectivity index is 1.81. The van der Waals surface area contributed by atoms with E-state index in [9.17, 15) is 0 Å². The van der Waals surface area contributed by atoms with Crippen molar-refractivity contribution in [2.75, 3.05) is 51.2 Å². The molecule has 2 aromatic heterocycles. The van der Waals surface area contributed by atoms with E-state index in [1.54, 1.807) is 0 Å². The Hall–Kier alpha value is -1.73. The molecule has 3 heterocycles. The van der Waals surface area contributed by atoms with E-state index in [-0.39, 0.29) is 0 Å². The molecule has 1 aliphatic rings. The van der Waals surface area contributed by atoms with Gasteiger partial charge in [0.1, 0.15) is 5.82 Å². The highest BCUT2D eigenvalue weighted by Crippen LogP contribution is 2.18. The first-order valence-electron chi connectivity index (χ1n) is 9.49. The van der Waals surface area contributed by atoms with Gasteiger partial charge in [0.25, 0.3) is 5.78 Å². The van der Waals surface area contributed by atoms with Crippen molar-refractivity contribution in [1.82, 2.24) is 29.4 Å². The molecule has 0 amide bonds. The van der Waals surface area contributed by atoms with Crippen LogP contribution in [0.3, 0.4) is 0 Å². The molecule has 0 atom stereocenters. The van der Waals surface area contributed by atoms with Crippen LogP contribution >= 0.6 is 0 Å². The first-order chi connectivity index (χ1) is 12.1. The number of hydrogen-bond donors (Lipinski definition) is 0. The molecule has 0 aliphatic carbocycles. The molecule has 0 radical (unpaired) electrons. The van der Waals surface area contributed by atoms with Gasteiger partial charge in [0.05, 0.1) is 6.54 Å². The highest BCUT2D eigenvalue weighted by Gasteiger charge is 2.20. The van der Waals surface area contributed by atoms with E-state index in [2.05, 4.69) is 51.6 Å². The van der Waals surface area contributed by atoms with Crippen molar-refractivity contribution in [3.63, 3.8) is 0 Å². The van der Waals surface area contributed by atoms with Crippen molar-refractivity contribution in [1.29, 1.82) is 0 Å². The first-order valence-corrected chi connectivity index (χ1v) is 9.49. The predicted octanol–water partition coefficient (Wildman–Crippen LogP) is 1.81. The summed E-state index contributed by atoms with van der Waals surface area (Å²) in [6.07, 6.45) is 2.41. The largest absolute Gasteiger partial charge is 0.354 e. The molecule has 0 saturated carbocycles. The first kappa shape index (κ1) is 18.1. The van der Waals surface area contributed by atoms with Crippen LogP contribution in [0, 0.1) is 6.92 Å². The average molecular weight is 345 g/mol. The fraction of sp³-hybridized carbons (Fsp3) is 0.722. The maximum absolute atomic E-state index is 4.76. The van der Waals surface area contributed by atoms with Crippen LogP contribution in [0.25, 0.3) is 5.78 Å². The number of fused-ring (bicyclic) bond motifs is 1. The van der Waals surface area contributed by atoms with Crippen molar-refractivity contribution >= 4 is 11.6 Å². The molecule has 2 aromatic rings. The van der Waals surface area contributed by atoms with Crippen LogP contribution in [0.1, 0.15) is 38.2 Å². The van der Waals surface area contributed by atoms with Gasteiger partial charge >= 0.3 is 0 Å². The van der Waals surface area contributed by atoms with Gasteiger partial charge in [-0.05, 0) is 33.5 Å². The third kappa shape index (κ3) is 4.27. The summed E-state index contributed by atoms with van der Waals surface area (Å²) in [6, 6.07) is 2.13. The third-order valence-corrected chi connectivity index (χ3v) is 4.91. The quantitative estimate of drug-likeness (QED) is 0.763. The van der Waals surface area contributed by atoms with Gasteiger partial charge in [0, 0.05) is 37.9 Å². The second-order valence-electron chi connectivity index (χ2n) is 7.01. The maximum atomic E-state index is 4.76. The van der Waals surface area contributed by atoms with Crippen molar-refractivity contribution in [2.24, 2.45) is 0 Å². The minimum absolute atomic E-state index is 0.715. The van der Waals surface area contributed by atoms with Gasteiger partial charge in [0.15, 0.2) is 5.82 Å². The average Bonchev–Trinajstić information content (AvgIpc) is 3.01. The summed E-state index contributed by atoms with van der Waals surface area (Å²) in [6.45, 7) is 13.7. The fourth-order valence-corrected chi connectivity index (χ4v) is 3.34. The van der Waals surface area contributed by atoms with Crippen LogP contribution < -0.4 is 4.90 Å². The molecule has 1 aliphatic heterocycles. The van der Waals surface area contributed by atoms with Gasteiger partial charge in [-0.15, -0.1) is 5.10 Å². The molecule has 0 spiro atoms. The van der Waals surface area contributed by atoms with Gasteiger partial charge in [-0.25, -0.2) is 4.98 Å². The van der Waals surface area contributed by atoms with Crippen LogP contribution in [-0.2, 0) is 6.54 Å². The lowest BCUT2D eigenvalue weighted by Gasteiger charge is -2.35. The number of likely N-dealkylation sites (N-methyl/N-ethyl adjacent to an activating group) is 1. The Morgan fingerprint density at radius 2 is 1.88 bits per heavy atom. The zero-order chi connectivity index (χ0) is 17.8. The molecule has 138 valence electrons. The number of rotatable bonds is 7. The van der Waals surface area contributed by atoms with E-state index < -0.39 is 0 Å². The van der Waals surface area contributed by atoms with Crippen LogP contribution in [0.5, 0.6) is 0 Å². The number of aromatic nitrogens is 4. The van der Waals surface area contributed by atoms with Gasteiger partial charge in [-0.3, -0.25) is 4.90 Å². The van der Waals surface area contributed by atoms with Gasteiger partial charge in [0.2, 0.25) is 0 Å². The molecule has 0 N–H and O–H groups in total. The van der Waals surface area contributed by atoms with Crippen LogP contribution in [0.2, 0.25) is 0 Å². The van der Waals surface area contributed by atoms with Crippen molar-refractivity contribution in [2.45, 2.75) is 40.2 Å². The Bertz CT molecular complexity index is 688. The summed E-state index contributed by atoms with van der Waals surface area (Å²) >= 11 is 0. The highest BCUT2D eigenvalue weighted by molar-refractivity contribution is 5.48. The molecular weight excluding hydrogens is 314 g/mol. The second kappa shape index (κ2) is 8.10. The number of aryl methyl sites for hydroxylation is 1. The van der Waals surface area contributed by atoms with E-state index in [1.165, 1.54) is 12.8 Å². The number of nitrogens with zero attached hydrogens (tertiary/aromatic N) is 7. The number of hydrogen-bond acceptors (Lipinski definition) is 6. The minimum Gasteiger partial charge on any atom is -0.354 e. The molecule has 1 fully saturated rings. The van der Waals surface area contributed by atoms with Crippen molar-refractivity contribution < 1.29 is 0 Å². The van der Waals surface area contributed by atoms with Crippen LogP contribution in [0.15, 0.2) is 6.07 Å². The lowest BCUT2D eigenvalue weighted by atomic mass is 10.3. The maximum Gasteiger partial charge on any atom is 0.254 e. The summed E-state index contributed by atoms with van der Waals surface area (Å²) in [5.41, 5.74) is 0.999. The molecular formula is C18H31N7. The molecule has 7 nitrogen and oxygen atoms in total. The lowest BCUT2D eigenvalue weighted by molar-refractivity contribution is 0.270. The van der Waals surface area contributed by atoms with Crippen LogP contribution in [-0.4, -0.2) is 75.7 Å². The summed E-state index contributed by atoms with van der Waals surface area (Å²) in [4.78, 5) is 16.4.